The van der Waals surface area contributed by atoms with E-state index in [9.17, 15) is 13.2 Å². The Morgan fingerprint density at radius 3 is 2.70 bits per heavy atom. The molecule has 0 spiro atoms. The Balaban J connectivity index is 2.27. The van der Waals surface area contributed by atoms with Gasteiger partial charge in [0.25, 0.3) is 0 Å². The van der Waals surface area contributed by atoms with Gasteiger partial charge in [-0.2, -0.15) is 13.2 Å². The summed E-state index contributed by atoms with van der Waals surface area (Å²) in [6.45, 7) is 1.94. The molecule has 0 aliphatic heterocycles. The number of nitrogens with one attached hydrogen (secondary N) is 1. The Bertz CT molecular complexity index is 572. The van der Waals surface area contributed by atoms with E-state index in [2.05, 4.69) is 15.3 Å². The molecule has 0 amide bonds. The first kappa shape index (κ1) is 15.1. The summed E-state index contributed by atoms with van der Waals surface area (Å²) in [5.74, 6) is 0.0672. The fraction of sp³-hybridized carbons (Fsp3) is 0.333. The maximum Gasteiger partial charge on any atom is 0.433 e. The molecule has 3 nitrogen and oxygen atoms in total. The third-order valence-corrected chi connectivity index (χ3v) is 3.76. The van der Waals surface area contributed by atoms with Crippen molar-refractivity contribution in [1.29, 1.82) is 0 Å². The number of aromatic nitrogens is 2. The summed E-state index contributed by atoms with van der Waals surface area (Å²) < 4.78 is 38.0. The van der Waals surface area contributed by atoms with Gasteiger partial charge < -0.3 is 5.32 Å². The maximum atomic E-state index is 12.7. The molecular weight excluding hydrogens is 311 g/mol. The van der Waals surface area contributed by atoms with E-state index in [1.54, 1.807) is 0 Å². The number of thiophene rings is 1. The van der Waals surface area contributed by atoms with Crippen LogP contribution in [0.3, 0.4) is 0 Å². The molecule has 0 radical (unpaired) electrons. The van der Waals surface area contributed by atoms with Crippen LogP contribution in [0.1, 0.15) is 30.0 Å². The van der Waals surface area contributed by atoms with E-state index in [1.807, 2.05) is 24.4 Å². The van der Waals surface area contributed by atoms with E-state index in [0.29, 0.717) is 6.42 Å². The van der Waals surface area contributed by atoms with Gasteiger partial charge >= 0.3 is 6.18 Å². The number of rotatable bonds is 4. The average molecular weight is 322 g/mol. The van der Waals surface area contributed by atoms with Crippen LogP contribution in [0.15, 0.2) is 23.6 Å². The maximum absolute atomic E-state index is 12.7. The third kappa shape index (κ3) is 3.61. The van der Waals surface area contributed by atoms with E-state index in [4.69, 9.17) is 11.6 Å². The molecule has 0 bridgehead atoms. The summed E-state index contributed by atoms with van der Waals surface area (Å²) in [4.78, 5) is 8.01. The van der Waals surface area contributed by atoms with Crippen LogP contribution in [-0.4, -0.2) is 9.97 Å². The van der Waals surface area contributed by atoms with Gasteiger partial charge in [0.1, 0.15) is 5.82 Å². The second-order valence-corrected chi connectivity index (χ2v) is 5.34. The molecule has 2 heterocycles. The summed E-state index contributed by atoms with van der Waals surface area (Å²) in [6, 6.07) is 4.56. The van der Waals surface area contributed by atoms with Gasteiger partial charge in [0.15, 0.2) is 5.69 Å². The highest BCUT2D eigenvalue weighted by molar-refractivity contribution is 7.10. The number of halogens is 4. The first-order chi connectivity index (χ1) is 9.40. The second kappa shape index (κ2) is 5.97. The van der Waals surface area contributed by atoms with Gasteiger partial charge in [0.05, 0.1) is 6.04 Å². The van der Waals surface area contributed by atoms with Gasteiger partial charge in [0.2, 0.25) is 5.28 Å². The monoisotopic (exact) mass is 321 g/mol. The normalized spacial score (nSPS) is 13.2. The van der Waals surface area contributed by atoms with Crippen LogP contribution in [0, 0.1) is 0 Å². The molecule has 1 N–H and O–H groups in total. The van der Waals surface area contributed by atoms with Crippen molar-refractivity contribution in [3.63, 3.8) is 0 Å². The topological polar surface area (TPSA) is 37.8 Å². The van der Waals surface area contributed by atoms with E-state index >= 15 is 0 Å². The minimum absolute atomic E-state index is 0.0672. The molecule has 0 aromatic carbocycles. The molecule has 0 fully saturated rings. The predicted molar refractivity (Wildman–Crippen MR) is 73.0 cm³/mol. The Morgan fingerprint density at radius 1 is 1.40 bits per heavy atom. The minimum atomic E-state index is -4.55. The average Bonchev–Trinajstić information content (AvgIpc) is 2.88. The van der Waals surface area contributed by atoms with Crippen molar-refractivity contribution in [2.75, 3.05) is 5.32 Å². The van der Waals surface area contributed by atoms with E-state index in [1.165, 1.54) is 11.3 Å². The smallest absolute Gasteiger partial charge is 0.362 e. The lowest BCUT2D eigenvalue weighted by Crippen LogP contribution is -2.13. The van der Waals surface area contributed by atoms with Crippen LogP contribution in [0.4, 0.5) is 19.0 Å². The lowest BCUT2D eigenvalue weighted by Gasteiger charge is -2.17. The first-order valence-electron chi connectivity index (χ1n) is 5.82. The Labute approximate surface area is 122 Å². The van der Waals surface area contributed by atoms with Crippen molar-refractivity contribution in [3.05, 3.63) is 39.4 Å². The molecule has 0 aliphatic rings. The fourth-order valence-corrected chi connectivity index (χ4v) is 2.72. The Morgan fingerprint density at radius 2 is 2.15 bits per heavy atom. The zero-order valence-electron chi connectivity index (χ0n) is 10.4. The van der Waals surface area contributed by atoms with Gasteiger partial charge in [-0.3, -0.25) is 0 Å². The van der Waals surface area contributed by atoms with E-state index < -0.39 is 17.2 Å². The van der Waals surface area contributed by atoms with Crippen molar-refractivity contribution >= 4 is 28.8 Å². The first-order valence-corrected chi connectivity index (χ1v) is 7.07. The van der Waals surface area contributed by atoms with Gasteiger partial charge in [-0.25, -0.2) is 9.97 Å². The molecule has 1 atom stereocenters. The molecule has 1 unspecified atom stereocenters. The molecule has 0 saturated heterocycles. The number of nitrogens with zero attached hydrogens (tertiary/aromatic N) is 2. The predicted octanol–water partition coefficient (Wildman–Crippen LogP) is 4.77. The van der Waals surface area contributed by atoms with E-state index in [0.717, 1.165) is 10.9 Å². The van der Waals surface area contributed by atoms with Crippen molar-refractivity contribution in [1.82, 2.24) is 9.97 Å². The highest BCUT2D eigenvalue weighted by Gasteiger charge is 2.33. The summed E-state index contributed by atoms with van der Waals surface area (Å²) in [6.07, 6.45) is -3.84. The largest absolute Gasteiger partial charge is 0.433 e. The summed E-state index contributed by atoms with van der Waals surface area (Å²) in [7, 11) is 0. The van der Waals surface area contributed by atoms with Gasteiger partial charge in [-0.05, 0) is 29.5 Å². The van der Waals surface area contributed by atoms with Crippen molar-refractivity contribution in [3.8, 4) is 0 Å². The van der Waals surface area contributed by atoms with Crippen LogP contribution in [-0.2, 0) is 6.18 Å². The molecule has 2 aromatic heterocycles. The fourth-order valence-electron chi connectivity index (χ4n) is 1.68. The van der Waals surface area contributed by atoms with Crippen molar-refractivity contribution in [2.45, 2.75) is 25.6 Å². The van der Waals surface area contributed by atoms with Gasteiger partial charge in [-0.1, -0.05) is 13.0 Å². The van der Waals surface area contributed by atoms with Crippen LogP contribution in [0.25, 0.3) is 0 Å². The van der Waals surface area contributed by atoms with Crippen LogP contribution >= 0.6 is 22.9 Å². The summed E-state index contributed by atoms with van der Waals surface area (Å²) >= 11 is 7.08. The number of anilines is 1. The lowest BCUT2D eigenvalue weighted by molar-refractivity contribution is -0.141. The summed E-state index contributed by atoms with van der Waals surface area (Å²) in [5, 5.41) is 4.44. The highest BCUT2D eigenvalue weighted by Crippen LogP contribution is 2.31. The molecule has 108 valence electrons. The SMILES string of the molecule is CCC(Nc1cc(C(F)(F)F)nc(Cl)n1)c1cccs1. The zero-order valence-corrected chi connectivity index (χ0v) is 12.0. The standard InChI is InChI=1S/C12H11ClF3N3S/c1-2-7(8-4-3-5-20-8)17-10-6-9(12(14,15)16)18-11(13)19-10/h3-7H,2H2,1H3,(H,17,18,19). The number of hydrogen-bond acceptors (Lipinski definition) is 4. The van der Waals surface area contributed by atoms with Gasteiger partial charge in [0, 0.05) is 10.9 Å². The van der Waals surface area contributed by atoms with E-state index in [-0.39, 0.29) is 11.9 Å². The van der Waals surface area contributed by atoms with Crippen LogP contribution < -0.4 is 5.32 Å². The quantitative estimate of drug-likeness (QED) is 0.824. The Kier molecular flexibility index (Phi) is 4.49. The molecule has 0 aliphatic carbocycles. The molecule has 2 rings (SSSR count). The van der Waals surface area contributed by atoms with Crippen LogP contribution in [0.5, 0.6) is 0 Å². The van der Waals surface area contributed by atoms with Crippen molar-refractivity contribution < 1.29 is 13.2 Å². The molecule has 0 saturated carbocycles. The molecular formula is C12H11ClF3N3S. The molecule has 20 heavy (non-hydrogen) atoms. The Hall–Kier alpha value is -1.34. The van der Waals surface area contributed by atoms with Crippen molar-refractivity contribution in [2.24, 2.45) is 0 Å². The molecule has 8 heteroatoms. The zero-order chi connectivity index (χ0) is 14.8. The second-order valence-electron chi connectivity index (χ2n) is 4.03. The summed E-state index contributed by atoms with van der Waals surface area (Å²) in [5.41, 5.74) is -1.05. The molecule has 2 aromatic rings. The minimum Gasteiger partial charge on any atom is -0.362 e. The number of hydrogen-bond donors (Lipinski definition) is 1. The number of alkyl halides is 3. The van der Waals surface area contributed by atoms with Crippen LogP contribution in [0.2, 0.25) is 5.28 Å². The van der Waals surface area contributed by atoms with Gasteiger partial charge in [-0.15, -0.1) is 11.3 Å². The lowest BCUT2D eigenvalue weighted by atomic mass is 10.2. The third-order valence-electron chi connectivity index (χ3n) is 2.61. The highest BCUT2D eigenvalue weighted by atomic mass is 35.5.